The van der Waals surface area contributed by atoms with Gasteiger partial charge in [-0.3, -0.25) is 4.79 Å². The Morgan fingerprint density at radius 2 is 1.64 bits per heavy atom. The van der Waals surface area contributed by atoms with Gasteiger partial charge in [0.15, 0.2) is 0 Å². The maximum absolute atomic E-state index is 12.7. The first-order valence-electron chi connectivity index (χ1n) is 9.10. The molecule has 5 nitrogen and oxygen atoms in total. The van der Waals surface area contributed by atoms with Gasteiger partial charge in [-0.25, -0.2) is 8.42 Å². The fourth-order valence-corrected chi connectivity index (χ4v) is 4.75. The molecule has 28 heavy (non-hydrogen) atoms. The molecule has 7 heteroatoms. The Bertz CT molecular complexity index is 918. The second kappa shape index (κ2) is 9.41. The molecule has 3 rings (SSSR count). The number of carbonyl (C=O) groups excluding carboxylic acids is 1. The summed E-state index contributed by atoms with van der Waals surface area (Å²) in [5.74, 6) is 0.870. The number of rotatable bonds is 6. The fourth-order valence-electron chi connectivity index (χ4n) is 3.05. The first-order chi connectivity index (χ1) is 13.5. The number of benzene rings is 2. The van der Waals surface area contributed by atoms with E-state index in [1.807, 2.05) is 60.9 Å². The molecular weight excluding hydrogens is 392 g/mol. The molecule has 1 saturated heterocycles. The van der Waals surface area contributed by atoms with Gasteiger partial charge in [-0.05, 0) is 35.6 Å². The predicted molar refractivity (Wildman–Crippen MR) is 116 cm³/mol. The van der Waals surface area contributed by atoms with Crippen LogP contribution in [0.5, 0.6) is 0 Å². The van der Waals surface area contributed by atoms with Crippen LogP contribution >= 0.6 is 11.8 Å². The summed E-state index contributed by atoms with van der Waals surface area (Å²) in [6.45, 7) is 1.39. The van der Waals surface area contributed by atoms with Crippen LogP contribution in [-0.2, 0) is 15.8 Å². The molecule has 1 aliphatic rings. The van der Waals surface area contributed by atoms with Gasteiger partial charge in [0.05, 0.1) is 0 Å². The minimum absolute atomic E-state index is 0.0485. The van der Waals surface area contributed by atoms with Crippen molar-refractivity contribution >= 4 is 33.8 Å². The van der Waals surface area contributed by atoms with Crippen LogP contribution in [0.15, 0.2) is 60.0 Å². The third-order valence-corrected chi connectivity index (χ3v) is 6.82. The lowest BCUT2D eigenvalue weighted by Crippen LogP contribution is -2.50. The summed E-state index contributed by atoms with van der Waals surface area (Å²) in [6, 6.07) is 17.0. The normalized spacial score (nSPS) is 15.8. The topological polar surface area (TPSA) is 57.7 Å². The number of sulfonamides is 1. The van der Waals surface area contributed by atoms with Gasteiger partial charge in [0.25, 0.3) is 5.91 Å². The summed E-state index contributed by atoms with van der Waals surface area (Å²) in [4.78, 5) is 14.4. The number of piperazine rings is 1. The van der Waals surface area contributed by atoms with E-state index < -0.39 is 10.0 Å². The van der Waals surface area contributed by atoms with Gasteiger partial charge < -0.3 is 4.90 Å². The van der Waals surface area contributed by atoms with E-state index >= 15 is 0 Å². The van der Waals surface area contributed by atoms with Crippen molar-refractivity contribution in [2.75, 3.05) is 32.4 Å². The Balaban J connectivity index is 1.58. The molecular formula is C21H24N2O3S2. The summed E-state index contributed by atoms with van der Waals surface area (Å²) in [5, 5.41) is 1.24. The smallest absolute Gasteiger partial charge is 0.253 e. The third kappa shape index (κ3) is 5.25. The zero-order valence-corrected chi connectivity index (χ0v) is 17.5. The van der Waals surface area contributed by atoms with E-state index in [-0.39, 0.29) is 5.91 Å². The molecule has 0 aliphatic carbocycles. The van der Waals surface area contributed by atoms with Crippen molar-refractivity contribution in [2.24, 2.45) is 0 Å². The van der Waals surface area contributed by atoms with Gasteiger partial charge in [-0.15, -0.1) is 0 Å². The van der Waals surface area contributed by atoms with Crippen molar-refractivity contribution in [3.8, 4) is 0 Å². The van der Waals surface area contributed by atoms with Crippen LogP contribution in [0.25, 0.3) is 6.08 Å². The lowest BCUT2D eigenvalue weighted by molar-refractivity contribution is 0.0698. The standard InChI is InChI=1S/C21H24N2O3S2/c1-27-17-19-7-9-20(10-8-19)21(24)22-12-14-23(15-13-22)28(25,26)16-11-18-5-3-2-4-6-18/h2-11,16H,12-15,17H2,1H3/b16-11+. The van der Waals surface area contributed by atoms with Crippen LogP contribution in [0.1, 0.15) is 21.5 Å². The second-order valence-electron chi connectivity index (χ2n) is 6.58. The van der Waals surface area contributed by atoms with E-state index in [4.69, 9.17) is 0 Å². The van der Waals surface area contributed by atoms with Gasteiger partial charge >= 0.3 is 0 Å². The highest BCUT2D eigenvalue weighted by Crippen LogP contribution is 2.15. The van der Waals surface area contributed by atoms with Gasteiger partial charge in [-0.1, -0.05) is 42.5 Å². The third-order valence-electron chi connectivity index (χ3n) is 4.63. The molecule has 1 fully saturated rings. The number of thioether (sulfide) groups is 1. The summed E-state index contributed by atoms with van der Waals surface area (Å²) in [5.41, 5.74) is 2.67. The van der Waals surface area contributed by atoms with E-state index in [1.54, 1.807) is 22.7 Å². The van der Waals surface area contributed by atoms with Crippen molar-refractivity contribution < 1.29 is 13.2 Å². The van der Waals surface area contributed by atoms with Crippen molar-refractivity contribution in [1.82, 2.24) is 9.21 Å². The van der Waals surface area contributed by atoms with Crippen LogP contribution in [0.3, 0.4) is 0 Å². The van der Waals surface area contributed by atoms with Crippen molar-refractivity contribution in [3.05, 3.63) is 76.7 Å². The van der Waals surface area contributed by atoms with E-state index in [9.17, 15) is 13.2 Å². The number of hydrogen-bond donors (Lipinski definition) is 0. The zero-order valence-electron chi connectivity index (χ0n) is 15.8. The van der Waals surface area contributed by atoms with Gasteiger partial charge in [0.1, 0.15) is 0 Å². The van der Waals surface area contributed by atoms with Gasteiger partial charge in [-0.2, -0.15) is 16.1 Å². The average Bonchev–Trinajstić information content (AvgIpc) is 2.73. The molecule has 0 radical (unpaired) electrons. The maximum atomic E-state index is 12.7. The van der Waals surface area contributed by atoms with E-state index in [2.05, 4.69) is 0 Å². The second-order valence-corrected chi connectivity index (χ2v) is 9.26. The first kappa shape index (κ1) is 20.6. The Morgan fingerprint density at radius 1 is 1.00 bits per heavy atom. The Morgan fingerprint density at radius 3 is 2.25 bits per heavy atom. The molecule has 148 valence electrons. The molecule has 1 heterocycles. The number of hydrogen-bond acceptors (Lipinski definition) is 4. The van der Waals surface area contributed by atoms with E-state index in [0.29, 0.717) is 31.7 Å². The number of nitrogens with zero attached hydrogens (tertiary/aromatic N) is 2. The minimum atomic E-state index is -3.49. The Kier molecular flexibility index (Phi) is 6.93. The largest absolute Gasteiger partial charge is 0.336 e. The fraction of sp³-hybridized carbons (Fsp3) is 0.286. The molecule has 0 bridgehead atoms. The van der Waals surface area contributed by atoms with Crippen LogP contribution in [0.2, 0.25) is 0 Å². The molecule has 2 aromatic rings. The van der Waals surface area contributed by atoms with Gasteiger partial charge in [0, 0.05) is 42.9 Å². The summed E-state index contributed by atoms with van der Waals surface area (Å²) >= 11 is 1.74. The highest BCUT2D eigenvalue weighted by molar-refractivity contribution is 7.97. The number of amides is 1. The molecule has 0 unspecified atom stereocenters. The van der Waals surface area contributed by atoms with Crippen LogP contribution < -0.4 is 0 Å². The zero-order chi connectivity index (χ0) is 20.0. The monoisotopic (exact) mass is 416 g/mol. The van der Waals surface area contributed by atoms with Crippen LogP contribution in [0.4, 0.5) is 0 Å². The highest BCUT2D eigenvalue weighted by atomic mass is 32.2. The van der Waals surface area contributed by atoms with E-state index in [1.165, 1.54) is 15.3 Å². The summed E-state index contributed by atoms with van der Waals surface area (Å²) in [6.07, 6.45) is 3.64. The number of carbonyl (C=O) groups is 1. The maximum Gasteiger partial charge on any atom is 0.253 e. The quantitative estimate of drug-likeness (QED) is 0.725. The first-order valence-corrected chi connectivity index (χ1v) is 12.0. The summed E-state index contributed by atoms with van der Waals surface area (Å²) in [7, 11) is -3.49. The molecule has 0 atom stereocenters. The van der Waals surface area contributed by atoms with Gasteiger partial charge in [0.2, 0.25) is 10.0 Å². The predicted octanol–water partition coefficient (Wildman–Crippen LogP) is 3.31. The average molecular weight is 417 g/mol. The van der Waals surface area contributed by atoms with Crippen LogP contribution in [-0.4, -0.2) is 56.0 Å². The van der Waals surface area contributed by atoms with Crippen LogP contribution in [0, 0.1) is 0 Å². The molecule has 0 spiro atoms. The molecule has 1 aliphatic heterocycles. The molecule has 1 amide bonds. The minimum Gasteiger partial charge on any atom is -0.336 e. The van der Waals surface area contributed by atoms with E-state index in [0.717, 1.165) is 11.3 Å². The lowest BCUT2D eigenvalue weighted by Gasteiger charge is -2.33. The molecule has 0 N–H and O–H groups in total. The lowest BCUT2D eigenvalue weighted by atomic mass is 10.1. The summed E-state index contributed by atoms with van der Waals surface area (Å²) < 4.78 is 26.5. The highest BCUT2D eigenvalue weighted by Gasteiger charge is 2.27. The SMILES string of the molecule is CSCc1ccc(C(=O)N2CCN(S(=O)(=O)/C=C/c3ccccc3)CC2)cc1. The Hall–Kier alpha value is -2.09. The Labute approximate surface area is 171 Å². The molecule has 2 aromatic carbocycles. The van der Waals surface area contributed by atoms with Crippen molar-refractivity contribution in [3.63, 3.8) is 0 Å². The van der Waals surface area contributed by atoms with Crippen molar-refractivity contribution in [1.29, 1.82) is 0 Å². The molecule has 0 aromatic heterocycles. The van der Waals surface area contributed by atoms with Crippen molar-refractivity contribution in [2.45, 2.75) is 5.75 Å². The molecule has 0 saturated carbocycles.